The van der Waals surface area contributed by atoms with Crippen molar-refractivity contribution in [2.75, 3.05) is 26.7 Å². The Balaban J connectivity index is 1.53. The number of nitrogens with one attached hydrogen (secondary N) is 2. The van der Waals surface area contributed by atoms with Gasteiger partial charge >= 0.3 is 0 Å². The van der Waals surface area contributed by atoms with Crippen molar-refractivity contribution in [1.29, 1.82) is 0 Å². The van der Waals surface area contributed by atoms with Crippen LogP contribution < -0.4 is 15.4 Å². The zero-order valence-electron chi connectivity index (χ0n) is 15.6. The summed E-state index contributed by atoms with van der Waals surface area (Å²) in [4.78, 5) is 7.44. The molecule has 1 aromatic carbocycles. The van der Waals surface area contributed by atoms with E-state index in [0.717, 1.165) is 30.8 Å². The highest BCUT2D eigenvalue weighted by Crippen LogP contribution is 2.26. The highest BCUT2D eigenvalue weighted by molar-refractivity contribution is 5.80. The summed E-state index contributed by atoms with van der Waals surface area (Å²) >= 11 is 0. The normalized spacial score (nSPS) is 22.3. The first-order valence-corrected chi connectivity index (χ1v) is 9.70. The predicted molar refractivity (Wildman–Crippen MR) is 103 cm³/mol. The van der Waals surface area contributed by atoms with Gasteiger partial charge in [-0.2, -0.15) is 0 Å². The second-order valence-corrected chi connectivity index (χ2v) is 7.11. The van der Waals surface area contributed by atoms with E-state index in [0.29, 0.717) is 12.6 Å². The number of rotatable bonds is 6. The van der Waals surface area contributed by atoms with Gasteiger partial charge in [0.05, 0.1) is 13.7 Å². The molecule has 0 amide bonds. The van der Waals surface area contributed by atoms with Crippen molar-refractivity contribution in [3.63, 3.8) is 0 Å². The number of aliphatic imine (C=N–C) groups is 1. The van der Waals surface area contributed by atoms with Crippen LogP contribution in [0.25, 0.3) is 0 Å². The third-order valence-electron chi connectivity index (χ3n) is 5.32. The number of likely N-dealkylation sites (tertiary alicyclic amines) is 1. The second-order valence-electron chi connectivity index (χ2n) is 7.11. The summed E-state index contributed by atoms with van der Waals surface area (Å²) in [6.45, 7) is 6.05. The Kier molecular flexibility index (Phi) is 6.56. The fourth-order valence-electron chi connectivity index (χ4n) is 3.92. The lowest BCUT2D eigenvalue weighted by atomic mass is 10.2. The molecule has 1 aliphatic heterocycles. The Morgan fingerprint density at radius 3 is 2.64 bits per heavy atom. The van der Waals surface area contributed by atoms with Crippen LogP contribution >= 0.6 is 0 Å². The van der Waals surface area contributed by atoms with Crippen LogP contribution in [0.2, 0.25) is 0 Å². The van der Waals surface area contributed by atoms with E-state index >= 15 is 0 Å². The van der Waals surface area contributed by atoms with E-state index in [1.807, 2.05) is 12.1 Å². The van der Waals surface area contributed by atoms with Gasteiger partial charge in [-0.25, -0.2) is 4.99 Å². The Labute approximate surface area is 151 Å². The third kappa shape index (κ3) is 5.11. The van der Waals surface area contributed by atoms with E-state index in [2.05, 4.69) is 34.6 Å². The van der Waals surface area contributed by atoms with Crippen molar-refractivity contribution in [3.05, 3.63) is 29.8 Å². The van der Waals surface area contributed by atoms with Gasteiger partial charge in [0.15, 0.2) is 5.96 Å². The first kappa shape index (κ1) is 18.1. The van der Waals surface area contributed by atoms with Crippen molar-refractivity contribution in [1.82, 2.24) is 15.5 Å². The molecule has 1 atom stereocenters. The number of nitrogens with zero attached hydrogens (tertiary/aromatic N) is 2. The molecule has 1 aliphatic carbocycles. The minimum atomic E-state index is 0.509. The molecule has 0 spiro atoms. The van der Waals surface area contributed by atoms with Crippen LogP contribution in [0, 0.1) is 0 Å². The van der Waals surface area contributed by atoms with Gasteiger partial charge in [-0.1, -0.05) is 25.0 Å². The van der Waals surface area contributed by atoms with Crippen molar-refractivity contribution < 1.29 is 4.74 Å². The highest BCUT2D eigenvalue weighted by Gasteiger charge is 2.30. The standard InChI is InChI=1S/C20H32N4O/c1-3-21-20(22-14-16-8-10-19(25-2)11-9-16)23-17-12-13-24(15-17)18-6-4-5-7-18/h8-11,17-18H,3-7,12-15H2,1-2H3,(H2,21,22,23). The largest absolute Gasteiger partial charge is 0.497 e. The minimum absolute atomic E-state index is 0.509. The fourth-order valence-corrected chi connectivity index (χ4v) is 3.92. The zero-order valence-corrected chi connectivity index (χ0v) is 15.6. The number of methoxy groups -OCH3 is 1. The summed E-state index contributed by atoms with van der Waals surface area (Å²) in [6, 6.07) is 9.45. The number of hydrogen-bond acceptors (Lipinski definition) is 3. The van der Waals surface area contributed by atoms with E-state index < -0.39 is 0 Å². The molecule has 1 saturated heterocycles. The molecule has 138 valence electrons. The molecular formula is C20H32N4O. The maximum absolute atomic E-state index is 5.21. The van der Waals surface area contributed by atoms with Crippen molar-refractivity contribution in [2.24, 2.45) is 4.99 Å². The van der Waals surface area contributed by atoms with Crippen LogP contribution in [0.15, 0.2) is 29.3 Å². The van der Waals surface area contributed by atoms with Crippen LogP contribution in [-0.4, -0.2) is 49.7 Å². The van der Waals surface area contributed by atoms with Gasteiger partial charge in [0, 0.05) is 31.7 Å². The van der Waals surface area contributed by atoms with Gasteiger partial charge < -0.3 is 15.4 Å². The van der Waals surface area contributed by atoms with E-state index in [-0.39, 0.29) is 0 Å². The van der Waals surface area contributed by atoms with Crippen molar-refractivity contribution in [3.8, 4) is 5.75 Å². The summed E-state index contributed by atoms with van der Waals surface area (Å²) in [7, 11) is 1.69. The fraction of sp³-hybridized carbons (Fsp3) is 0.650. The Bertz CT molecular complexity index is 551. The molecule has 2 N–H and O–H groups in total. The molecule has 0 aromatic heterocycles. The molecule has 5 heteroatoms. The number of hydrogen-bond donors (Lipinski definition) is 2. The Hall–Kier alpha value is -1.75. The van der Waals surface area contributed by atoms with E-state index in [9.17, 15) is 0 Å². The lowest BCUT2D eigenvalue weighted by Crippen LogP contribution is -2.45. The third-order valence-corrected chi connectivity index (χ3v) is 5.32. The van der Waals surface area contributed by atoms with Crippen LogP contribution in [-0.2, 0) is 6.54 Å². The molecule has 1 saturated carbocycles. The number of ether oxygens (including phenoxy) is 1. The molecule has 2 aliphatic rings. The smallest absolute Gasteiger partial charge is 0.191 e. The van der Waals surface area contributed by atoms with Crippen LogP contribution in [0.5, 0.6) is 5.75 Å². The molecule has 0 radical (unpaired) electrons. The quantitative estimate of drug-likeness (QED) is 0.615. The van der Waals surface area contributed by atoms with Crippen molar-refractivity contribution >= 4 is 5.96 Å². The monoisotopic (exact) mass is 344 g/mol. The van der Waals surface area contributed by atoms with E-state index in [1.165, 1.54) is 44.2 Å². The number of guanidine groups is 1. The first-order valence-electron chi connectivity index (χ1n) is 9.70. The van der Waals surface area contributed by atoms with Crippen LogP contribution in [0.1, 0.15) is 44.6 Å². The van der Waals surface area contributed by atoms with Gasteiger partial charge in [-0.3, -0.25) is 4.90 Å². The second kappa shape index (κ2) is 9.09. The Morgan fingerprint density at radius 2 is 1.96 bits per heavy atom. The molecule has 25 heavy (non-hydrogen) atoms. The molecule has 1 heterocycles. The maximum Gasteiger partial charge on any atom is 0.191 e. The molecule has 1 aromatic rings. The summed E-state index contributed by atoms with van der Waals surface area (Å²) < 4.78 is 5.21. The Morgan fingerprint density at radius 1 is 1.20 bits per heavy atom. The summed E-state index contributed by atoms with van der Waals surface area (Å²) in [6.07, 6.45) is 6.80. The highest BCUT2D eigenvalue weighted by atomic mass is 16.5. The van der Waals surface area contributed by atoms with Crippen LogP contribution in [0.4, 0.5) is 0 Å². The van der Waals surface area contributed by atoms with Crippen LogP contribution in [0.3, 0.4) is 0 Å². The molecule has 1 unspecified atom stereocenters. The minimum Gasteiger partial charge on any atom is -0.497 e. The molecule has 3 rings (SSSR count). The lowest BCUT2D eigenvalue weighted by molar-refractivity contribution is 0.242. The van der Waals surface area contributed by atoms with Crippen molar-refractivity contribution in [2.45, 2.75) is 57.7 Å². The average molecular weight is 345 g/mol. The SMILES string of the molecule is CCNC(=NCc1ccc(OC)cc1)NC1CCN(C2CCCC2)C1. The molecular weight excluding hydrogens is 312 g/mol. The average Bonchev–Trinajstić information content (AvgIpc) is 3.32. The molecule has 0 bridgehead atoms. The summed E-state index contributed by atoms with van der Waals surface area (Å²) in [5, 5.41) is 7.02. The molecule has 5 nitrogen and oxygen atoms in total. The van der Waals surface area contributed by atoms with Gasteiger partial charge in [0.1, 0.15) is 5.75 Å². The van der Waals surface area contributed by atoms with Gasteiger partial charge in [0.25, 0.3) is 0 Å². The van der Waals surface area contributed by atoms with Gasteiger partial charge in [-0.05, 0) is 43.9 Å². The van der Waals surface area contributed by atoms with Gasteiger partial charge in [0.2, 0.25) is 0 Å². The lowest BCUT2D eigenvalue weighted by Gasteiger charge is -2.24. The number of benzene rings is 1. The van der Waals surface area contributed by atoms with Gasteiger partial charge in [-0.15, -0.1) is 0 Å². The molecule has 2 fully saturated rings. The summed E-state index contributed by atoms with van der Waals surface area (Å²) in [5.74, 6) is 1.81. The van der Waals surface area contributed by atoms with E-state index in [4.69, 9.17) is 9.73 Å². The predicted octanol–water partition coefficient (Wildman–Crippen LogP) is 2.77. The summed E-state index contributed by atoms with van der Waals surface area (Å²) in [5.41, 5.74) is 1.19. The van der Waals surface area contributed by atoms with E-state index in [1.54, 1.807) is 7.11 Å². The topological polar surface area (TPSA) is 48.9 Å². The maximum atomic E-state index is 5.21. The first-order chi connectivity index (χ1) is 12.3. The zero-order chi connectivity index (χ0) is 17.5.